The average molecular weight is 309 g/mol. The smallest absolute Gasteiger partial charge is 0.313 e. The Kier molecular flexibility index (Phi) is 7.90. The molecule has 0 spiro atoms. The number of carboxylic acids is 1. The molecule has 5 heteroatoms. The summed E-state index contributed by atoms with van der Waals surface area (Å²) in [6.45, 7) is 4.24. The highest BCUT2D eigenvalue weighted by Crippen LogP contribution is 2.27. The van der Waals surface area contributed by atoms with E-state index in [-0.39, 0.29) is 23.5 Å². The summed E-state index contributed by atoms with van der Waals surface area (Å²) in [5.74, 6) is -0.500. The molecule has 0 aliphatic rings. The van der Waals surface area contributed by atoms with Crippen LogP contribution < -0.4 is 5.32 Å². The zero-order chi connectivity index (χ0) is 15.7. The topological polar surface area (TPSA) is 66.4 Å². The van der Waals surface area contributed by atoms with Gasteiger partial charge in [0, 0.05) is 0 Å². The normalized spacial score (nSPS) is 12.1. The number of carbonyl (C=O) groups is 2. The Labute approximate surface area is 130 Å². The van der Waals surface area contributed by atoms with Crippen LogP contribution in [0, 0.1) is 5.92 Å². The molecule has 116 valence electrons. The number of hydrogen-bond donors (Lipinski definition) is 2. The number of thioether (sulfide) groups is 1. The molecule has 0 saturated carbocycles. The number of carboxylic acid groups (broad SMARTS) is 1. The van der Waals surface area contributed by atoms with Crippen LogP contribution in [0.1, 0.15) is 38.3 Å². The highest BCUT2D eigenvalue weighted by Gasteiger charge is 2.22. The third kappa shape index (κ3) is 6.21. The maximum absolute atomic E-state index is 12.0. The summed E-state index contributed by atoms with van der Waals surface area (Å²) in [6, 6.07) is 9.92. The van der Waals surface area contributed by atoms with Crippen molar-refractivity contribution in [1.82, 2.24) is 5.32 Å². The molecule has 0 fully saturated rings. The first-order valence-electron chi connectivity index (χ1n) is 7.22. The van der Waals surface area contributed by atoms with Crippen LogP contribution in [0.25, 0.3) is 0 Å². The summed E-state index contributed by atoms with van der Waals surface area (Å²) >= 11 is 1.12. The summed E-state index contributed by atoms with van der Waals surface area (Å²) in [5.41, 5.74) is 1.10. The minimum atomic E-state index is -0.896. The van der Waals surface area contributed by atoms with E-state index < -0.39 is 5.97 Å². The summed E-state index contributed by atoms with van der Waals surface area (Å²) in [6.07, 6.45) is 1.97. The molecule has 2 N–H and O–H groups in total. The molecule has 1 aromatic rings. The van der Waals surface area contributed by atoms with E-state index in [0.717, 1.165) is 30.2 Å². The van der Waals surface area contributed by atoms with Gasteiger partial charge in [-0.1, -0.05) is 57.0 Å². The van der Waals surface area contributed by atoms with Crippen LogP contribution in [-0.2, 0) is 9.59 Å². The highest BCUT2D eigenvalue weighted by molar-refractivity contribution is 8.00. The molecule has 0 bridgehead atoms. The van der Waals surface area contributed by atoms with Gasteiger partial charge in [0.15, 0.2) is 0 Å². The molecule has 1 amide bonds. The van der Waals surface area contributed by atoms with E-state index in [1.165, 1.54) is 0 Å². The third-order valence-corrected chi connectivity index (χ3v) is 4.37. The van der Waals surface area contributed by atoms with Gasteiger partial charge >= 0.3 is 5.97 Å². The van der Waals surface area contributed by atoms with Gasteiger partial charge in [-0.05, 0) is 11.5 Å². The van der Waals surface area contributed by atoms with Crippen molar-refractivity contribution in [2.45, 2.75) is 32.7 Å². The molecule has 1 unspecified atom stereocenters. The number of carbonyl (C=O) groups excluding carboxylic acids is 1. The Morgan fingerprint density at radius 3 is 2.29 bits per heavy atom. The van der Waals surface area contributed by atoms with Crippen molar-refractivity contribution in [2.75, 3.05) is 11.5 Å². The average Bonchev–Trinajstić information content (AvgIpc) is 2.48. The lowest BCUT2D eigenvalue weighted by Crippen LogP contribution is -2.34. The zero-order valence-electron chi connectivity index (χ0n) is 12.5. The number of benzene rings is 1. The first-order chi connectivity index (χ1) is 10.1. The van der Waals surface area contributed by atoms with Gasteiger partial charge in [-0.2, -0.15) is 0 Å². The molecule has 21 heavy (non-hydrogen) atoms. The fourth-order valence-electron chi connectivity index (χ4n) is 2.34. The lowest BCUT2D eigenvalue weighted by molar-refractivity contribution is -0.133. The molecule has 4 nitrogen and oxygen atoms in total. The molecule has 1 aromatic carbocycles. The van der Waals surface area contributed by atoms with Crippen molar-refractivity contribution in [2.24, 2.45) is 5.92 Å². The Hall–Kier alpha value is -1.49. The van der Waals surface area contributed by atoms with Crippen molar-refractivity contribution >= 4 is 23.6 Å². The van der Waals surface area contributed by atoms with Crippen molar-refractivity contribution in [3.63, 3.8) is 0 Å². The van der Waals surface area contributed by atoms with E-state index in [1.807, 2.05) is 30.3 Å². The number of aliphatic carboxylic acids is 1. The number of rotatable bonds is 9. The molecule has 0 radical (unpaired) electrons. The van der Waals surface area contributed by atoms with Crippen LogP contribution in [0.2, 0.25) is 0 Å². The number of hydrogen-bond acceptors (Lipinski definition) is 3. The molecule has 0 aliphatic heterocycles. The summed E-state index contributed by atoms with van der Waals surface area (Å²) in [7, 11) is 0. The van der Waals surface area contributed by atoms with Crippen LogP contribution in [-0.4, -0.2) is 28.5 Å². The molecule has 0 aliphatic carbocycles. The largest absolute Gasteiger partial charge is 0.481 e. The molecule has 1 atom stereocenters. The van der Waals surface area contributed by atoms with Crippen LogP contribution in [0.5, 0.6) is 0 Å². The minimum Gasteiger partial charge on any atom is -0.481 e. The van der Waals surface area contributed by atoms with E-state index in [4.69, 9.17) is 5.11 Å². The second-order valence-corrected chi connectivity index (χ2v) is 5.90. The van der Waals surface area contributed by atoms with Gasteiger partial charge in [0.05, 0.1) is 17.5 Å². The highest BCUT2D eigenvalue weighted by atomic mass is 32.2. The zero-order valence-corrected chi connectivity index (χ0v) is 13.4. The summed E-state index contributed by atoms with van der Waals surface area (Å²) < 4.78 is 0. The minimum absolute atomic E-state index is 0.0147. The maximum Gasteiger partial charge on any atom is 0.313 e. The molecule has 0 aromatic heterocycles. The lowest BCUT2D eigenvalue weighted by atomic mass is 9.89. The quantitative estimate of drug-likeness (QED) is 0.735. The fraction of sp³-hybridized carbons (Fsp3) is 0.500. The Morgan fingerprint density at radius 2 is 1.76 bits per heavy atom. The first-order valence-corrected chi connectivity index (χ1v) is 8.37. The van der Waals surface area contributed by atoms with E-state index in [1.54, 1.807) is 0 Å². The van der Waals surface area contributed by atoms with Crippen LogP contribution in [0.15, 0.2) is 30.3 Å². The van der Waals surface area contributed by atoms with Gasteiger partial charge in [-0.15, -0.1) is 11.8 Å². The van der Waals surface area contributed by atoms with Crippen molar-refractivity contribution in [1.29, 1.82) is 0 Å². The van der Waals surface area contributed by atoms with E-state index in [9.17, 15) is 9.59 Å². The second-order valence-electron chi connectivity index (χ2n) is 4.92. The molecular weight excluding hydrogens is 286 g/mol. The lowest BCUT2D eigenvalue weighted by Gasteiger charge is -2.27. The third-order valence-electron chi connectivity index (χ3n) is 3.45. The van der Waals surface area contributed by atoms with Gasteiger partial charge in [-0.25, -0.2) is 0 Å². The van der Waals surface area contributed by atoms with Gasteiger partial charge in [0.1, 0.15) is 0 Å². The van der Waals surface area contributed by atoms with Crippen molar-refractivity contribution in [3.8, 4) is 0 Å². The Morgan fingerprint density at radius 1 is 1.14 bits per heavy atom. The summed E-state index contributed by atoms with van der Waals surface area (Å²) in [5, 5.41) is 11.7. The number of amides is 1. The van der Waals surface area contributed by atoms with Crippen LogP contribution in [0.3, 0.4) is 0 Å². The van der Waals surface area contributed by atoms with Gasteiger partial charge in [-0.3, -0.25) is 9.59 Å². The molecule has 0 saturated heterocycles. The second kappa shape index (κ2) is 9.45. The fourth-order valence-corrected chi connectivity index (χ4v) is 2.89. The van der Waals surface area contributed by atoms with E-state index in [0.29, 0.717) is 5.92 Å². The molecule has 1 rings (SSSR count). The van der Waals surface area contributed by atoms with Gasteiger partial charge in [0.2, 0.25) is 5.91 Å². The van der Waals surface area contributed by atoms with E-state index >= 15 is 0 Å². The van der Waals surface area contributed by atoms with Crippen molar-refractivity contribution < 1.29 is 14.7 Å². The molecule has 0 heterocycles. The first kappa shape index (κ1) is 17.6. The Bertz CT molecular complexity index is 446. The predicted molar refractivity (Wildman–Crippen MR) is 86.4 cm³/mol. The van der Waals surface area contributed by atoms with Crippen molar-refractivity contribution in [3.05, 3.63) is 35.9 Å². The van der Waals surface area contributed by atoms with E-state index in [2.05, 4.69) is 19.2 Å². The molecular formula is C16H23NO3S. The van der Waals surface area contributed by atoms with Crippen LogP contribution in [0.4, 0.5) is 0 Å². The monoisotopic (exact) mass is 309 g/mol. The number of nitrogens with one attached hydrogen (secondary N) is 1. The maximum atomic E-state index is 12.0. The van der Waals surface area contributed by atoms with Crippen LogP contribution >= 0.6 is 11.8 Å². The SMILES string of the molecule is CCC(CC)C(NC(=O)CSCC(=O)O)c1ccccc1. The standard InChI is InChI=1S/C16H23NO3S/c1-3-12(4-2)16(13-8-6-5-7-9-13)17-14(18)10-21-11-15(19)20/h5-9,12,16H,3-4,10-11H2,1-2H3,(H,17,18)(H,19,20). The Balaban J connectivity index is 2.69. The summed E-state index contributed by atoms with van der Waals surface area (Å²) in [4.78, 5) is 22.5. The predicted octanol–water partition coefficient (Wildman–Crippen LogP) is 3.10. The van der Waals surface area contributed by atoms with Gasteiger partial charge < -0.3 is 10.4 Å². The van der Waals surface area contributed by atoms with Gasteiger partial charge in [0.25, 0.3) is 0 Å².